The average molecular weight is 313 g/mol. The second-order valence-electron chi connectivity index (χ2n) is 4.59. The van der Waals surface area contributed by atoms with Gasteiger partial charge in [-0.25, -0.2) is 22.0 Å². The van der Waals surface area contributed by atoms with Crippen LogP contribution < -0.4 is 5.32 Å². The summed E-state index contributed by atoms with van der Waals surface area (Å²) in [5.41, 5.74) is -2.31. The number of halogens is 5. The molecule has 0 bridgehead atoms. The van der Waals surface area contributed by atoms with Gasteiger partial charge in [-0.05, 0) is 13.8 Å². The minimum atomic E-state index is -2.31. The molecule has 3 nitrogen and oxygen atoms in total. The number of hydrogen-bond donors (Lipinski definition) is 1. The maximum absolute atomic E-state index is 13.3. The van der Waals surface area contributed by atoms with Crippen molar-refractivity contribution >= 4 is 16.4 Å². The Labute approximate surface area is 114 Å². The molecule has 112 valence electrons. The van der Waals surface area contributed by atoms with Crippen LogP contribution in [0.25, 0.3) is 0 Å². The van der Waals surface area contributed by atoms with Crippen molar-refractivity contribution in [2.75, 3.05) is 6.54 Å². The van der Waals surface area contributed by atoms with E-state index in [9.17, 15) is 26.7 Å². The summed E-state index contributed by atoms with van der Waals surface area (Å²) < 4.78 is 70.5. The maximum atomic E-state index is 13.3. The van der Waals surface area contributed by atoms with E-state index in [1.54, 1.807) is 13.8 Å². The van der Waals surface area contributed by atoms with Crippen molar-refractivity contribution in [2.24, 2.45) is 0 Å². The molecule has 0 aromatic heterocycles. The van der Waals surface area contributed by atoms with E-state index < -0.39 is 46.2 Å². The number of benzene rings is 1. The zero-order valence-electron chi connectivity index (χ0n) is 10.9. The molecule has 0 saturated heterocycles. The normalized spacial score (nSPS) is 11.8. The lowest BCUT2D eigenvalue weighted by Gasteiger charge is -2.24. The van der Waals surface area contributed by atoms with Crippen LogP contribution in [0.3, 0.4) is 0 Å². The molecule has 1 N–H and O–H groups in total. The molecule has 0 aliphatic rings. The minimum Gasteiger partial charge on any atom is -0.421 e. The molecule has 0 unspecified atom stereocenters. The predicted molar refractivity (Wildman–Crippen MR) is 63.7 cm³/mol. The van der Waals surface area contributed by atoms with Crippen LogP contribution in [0.15, 0.2) is 0 Å². The molecule has 0 spiro atoms. The highest BCUT2D eigenvalue weighted by Crippen LogP contribution is 2.23. The smallest absolute Gasteiger partial charge is 0.257 e. The van der Waals surface area contributed by atoms with E-state index in [1.165, 1.54) is 0 Å². The van der Waals surface area contributed by atoms with Crippen molar-refractivity contribution in [3.8, 4) is 0 Å². The Morgan fingerprint density at radius 1 is 1.05 bits per heavy atom. The zero-order chi connectivity index (χ0) is 15.7. The summed E-state index contributed by atoms with van der Waals surface area (Å²) >= 11 is 0. The van der Waals surface area contributed by atoms with Crippen LogP contribution in [0.5, 0.6) is 0 Å². The summed E-state index contributed by atoms with van der Waals surface area (Å²) in [6, 6.07) is 0. The summed E-state index contributed by atoms with van der Waals surface area (Å²) in [4.78, 5) is 11.6. The maximum Gasteiger partial charge on any atom is 0.257 e. The van der Waals surface area contributed by atoms with E-state index in [-0.39, 0.29) is 6.54 Å². The van der Waals surface area contributed by atoms with Crippen molar-refractivity contribution < 1.29 is 31.2 Å². The van der Waals surface area contributed by atoms with Gasteiger partial charge in [0.15, 0.2) is 23.3 Å². The molecule has 0 aliphatic carbocycles. The summed E-state index contributed by atoms with van der Waals surface area (Å²) in [6.45, 7) is 3.05. The third kappa shape index (κ3) is 3.15. The van der Waals surface area contributed by atoms with Crippen LogP contribution in [-0.4, -0.2) is 28.5 Å². The highest BCUT2D eigenvalue weighted by Gasteiger charge is 2.30. The van der Waals surface area contributed by atoms with E-state index >= 15 is 0 Å². The van der Waals surface area contributed by atoms with Gasteiger partial charge in [-0.1, -0.05) is 0 Å². The third-order valence-corrected chi connectivity index (χ3v) is 3.77. The summed E-state index contributed by atoms with van der Waals surface area (Å²) in [5.74, 6) is -12.4. The first-order valence-electron chi connectivity index (χ1n) is 5.47. The predicted octanol–water partition coefficient (Wildman–Crippen LogP) is 1.19. The van der Waals surface area contributed by atoms with Crippen LogP contribution >= 0.6 is 0 Å². The van der Waals surface area contributed by atoms with Gasteiger partial charge in [0, 0.05) is 6.54 Å². The SMILES string of the molecule is CC(C)(CNC(=O)c1c(F)c(F)c(F)c(F)c1F)O[SiH3]. The van der Waals surface area contributed by atoms with Gasteiger partial charge in [-0.15, -0.1) is 0 Å². The van der Waals surface area contributed by atoms with Crippen molar-refractivity contribution in [2.45, 2.75) is 19.4 Å². The zero-order valence-corrected chi connectivity index (χ0v) is 12.9. The van der Waals surface area contributed by atoms with Crippen molar-refractivity contribution in [3.05, 3.63) is 34.6 Å². The van der Waals surface area contributed by atoms with Crippen LogP contribution in [0.1, 0.15) is 24.2 Å². The number of nitrogens with one attached hydrogen (secondary N) is 1. The second-order valence-corrected chi connectivity index (χ2v) is 5.00. The third-order valence-electron chi connectivity index (χ3n) is 2.66. The molecule has 0 fully saturated rings. The molecule has 1 rings (SSSR count). The average Bonchev–Trinajstić information content (AvgIpc) is 2.41. The molecule has 9 heteroatoms. The fourth-order valence-electron chi connectivity index (χ4n) is 1.26. The van der Waals surface area contributed by atoms with Crippen LogP contribution in [-0.2, 0) is 4.43 Å². The summed E-state index contributed by atoms with van der Waals surface area (Å²) in [5, 5.41) is 2.07. The lowest BCUT2D eigenvalue weighted by atomic mass is 10.1. The van der Waals surface area contributed by atoms with Gasteiger partial charge in [0.25, 0.3) is 5.91 Å². The fourth-order valence-corrected chi connectivity index (χ4v) is 1.40. The molecule has 0 atom stereocenters. The minimum absolute atomic E-state index is 0.144. The molecule has 1 aromatic carbocycles. The largest absolute Gasteiger partial charge is 0.421 e. The number of carbonyl (C=O) groups excluding carboxylic acids is 1. The van der Waals surface area contributed by atoms with Gasteiger partial charge in [0.1, 0.15) is 16.0 Å². The standard InChI is InChI=1S/C11H12F5NO2Si/c1-11(2,19-20)3-17-10(18)4-5(12)7(14)9(16)8(15)6(4)13/h3H2,1-2,20H3,(H,17,18). The number of amides is 1. The molecule has 0 heterocycles. The molecule has 20 heavy (non-hydrogen) atoms. The van der Waals surface area contributed by atoms with Crippen LogP contribution in [0.2, 0.25) is 0 Å². The number of hydrogen-bond acceptors (Lipinski definition) is 2. The van der Waals surface area contributed by atoms with Gasteiger partial charge >= 0.3 is 0 Å². The Morgan fingerprint density at radius 2 is 1.45 bits per heavy atom. The highest BCUT2D eigenvalue weighted by atomic mass is 28.2. The summed E-state index contributed by atoms with van der Waals surface area (Å²) in [7, 11) is 0.351. The Hall–Kier alpha value is -1.48. The first kappa shape index (κ1) is 16.6. The van der Waals surface area contributed by atoms with Gasteiger partial charge in [-0.3, -0.25) is 4.79 Å². The van der Waals surface area contributed by atoms with Crippen LogP contribution in [0, 0.1) is 29.1 Å². The van der Waals surface area contributed by atoms with Gasteiger partial charge in [0.2, 0.25) is 5.82 Å². The van der Waals surface area contributed by atoms with E-state index in [0.29, 0.717) is 10.5 Å². The first-order chi connectivity index (χ1) is 9.12. The van der Waals surface area contributed by atoms with E-state index in [4.69, 9.17) is 4.43 Å². The number of rotatable bonds is 4. The van der Waals surface area contributed by atoms with E-state index in [1.807, 2.05) is 0 Å². The number of carbonyl (C=O) groups is 1. The Kier molecular flexibility index (Phi) is 4.87. The molecule has 1 aromatic rings. The van der Waals surface area contributed by atoms with Crippen molar-refractivity contribution in [1.29, 1.82) is 0 Å². The van der Waals surface area contributed by atoms with Gasteiger partial charge in [0.05, 0.1) is 5.60 Å². The Bertz CT molecular complexity index is 521. The lowest BCUT2D eigenvalue weighted by molar-refractivity contribution is 0.0844. The molecule has 1 amide bonds. The van der Waals surface area contributed by atoms with E-state index in [2.05, 4.69) is 5.32 Å². The van der Waals surface area contributed by atoms with Crippen LogP contribution in [0.4, 0.5) is 22.0 Å². The molecule has 0 aliphatic heterocycles. The van der Waals surface area contributed by atoms with E-state index in [0.717, 1.165) is 0 Å². The topological polar surface area (TPSA) is 38.3 Å². The lowest BCUT2D eigenvalue weighted by Crippen LogP contribution is -2.40. The quantitative estimate of drug-likeness (QED) is 0.392. The summed E-state index contributed by atoms with van der Waals surface area (Å²) in [6.07, 6.45) is 0. The molecule has 0 radical (unpaired) electrons. The first-order valence-corrected chi connectivity index (χ1v) is 6.29. The van der Waals surface area contributed by atoms with Gasteiger partial charge < -0.3 is 9.74 Å². The second kappa shape index (κ2) is 5.88. The Balaban J connectivity index is 3.12. The highest BCUT2D eigenvalue weighted by molar-refractivity contribution is 5.98. The van der Waals surface area contributed by atoms with Crippen molar-refractivity contribution in [1.82, 2.24) is 5.32 Å². The monoisotopic (exact) mass is 313 g/mol. The Morgan fingerprint density at radius 3 is 1.85 bits per heavy atom. The fraction of sp³-hybridized carbons (Fsp3) is 0.364. The van der Waals surface area contributed by atoms with Gasteiger partial charge in [-0.2, -0.15) is 0 Å². The van der Waals surface area contributed by atoms with Crippen molar-refractivity contribution in [3.63, 3.8) is 0 Å². The molecular weight excluding hydrogens is 301 g/mol. The molecule has 0 saturated carbocycles. The molecular formula is C11H12F5NO2Si.